The number of amides is 1. The van der Waals surface area contributed by atoms with Gasteiger partial charge in [0.15, 0.2) is 0 Å². The average Bonchev–Trinajstić information content (AvgIpc) is 2.95. The van der Waals surface area contributed by atoms with Crippen molar-refractivity contribution in [2.24, 2.45) is 5.92 Å². The number of unbranched alkanes of at least 4 members (excludes halogenated alkanes) is 14. The molecule has 1 aliphatic rings. The van der Waals surface area contributed by atoms with E-state index in [1.807, 2.05) is 12.1 Å². The lowest BCUT2D eigenvalue weighted by Crippen LogP contribution is -2.31. The fraction of sp³-hybridized carbons (Fsp3) is 0.765. The van der Waals surface area contributed by atoms with E-state index in [-0.39, 0.29) is 18.6 Å². The molecule has 40 heavy (non-hydrogen) atoms. The van der Waals surface area contributed by atoms with Gasteiger partial charge in [0.1, 0.15) is 18.5 Å². The van der Waals surface area contributed by atoms with Gasteiger partial charge in [0.05, 0.1) is 6.54 Å². The number of benzene rings is 1. The van der Waals surface area contributed by atoms with Crippen molar-refractivity contribution in [2.45, 2.75) is 148 Å². The Labute approximate surface area is 244 Å². The Morgan fingerprint density at radius 1 is 0.800 bits per heavy atom. The van der Waals surface area contributed by atoms with Gasteiger partial charge in [-0.1, -0.05) is 115 Å². The highest BCUT2D eigenvalue weighted by Crippen LogP contribution is 2.31. The molecule has 0 bridgehead atoms. The minimum Gasteiger partial charge on any atom is -0.492 e. The highest BCUT2D eigenvalue weighted by molar-refractivity contribution is 5.69. The summed E-state index contributed by atoms with van der Waals surface area (Å²) >= 11 is 0. The zero-order chi connectivity index (χ0) is 28.7. The van der Waals surface area contributed by atoms with Gasteiger partial charge in [0, 0.05) is 6.42 Å². The Bertz CT molecular complexity index is 781. The van der Waals surface area contributed by atoms with Crippen LogP contribution < -0.4 is 10.1 Å². The zero-order valence-corrected chi connectivity index (χ0v) is 25.3. The zero-order valence-electron chi connectivity index (χ0n) is 25.3. The molecule has 2 N–H and O–H groups in total. The molecule has 2 unspecified atom stereocenters. The first-order chi connectivity index (χ1) is 19.6. The largest absolute Gasteiger partial charge is 0.492 e. The van der Waals surface area contributed by atoms with E-state index >= 15 is 0 Å². The maximum atomic E-state index is 12.6. The predicted molar refractivity (Wildman–Crippen MR) is 163 cm³/mol. The molecule has 1 aromatic rings. The summed E-state index contributed by atoms with van der Waals surface area (Å²) in [6, 6.07) is 7.97. The number of hydrogen-bond donors (Lipinski definition) is 2. The number of nitrogens with one attached hydrogen (secondary N) is 1. The van der Waals surface area contributed by atoms with Gasteiger partial charge in [0.2, 0.25) is 0 Å². The van der Waals surface area contributed by atoms with Crippen LogP contribution in [0.1, 0.15) is 141 Å². The van der Waals surface area contributed by atoms with Crippen LogP contribution in [0.5, 0.6) is 5.75 Å². The molecule has 2 rings (SSSR count). The molecule has 0 heterocycles. The van der Waals surface area contributed by atoms with Crippen LogP contribution in [0.15, 0.2) is 24.3 Å². The number of hydrogen-bond acceptors (Lipinski definition) is 4. The monoisotopic (exact) mass is 559 g/mol. The fourth-order valence-corrected chi connectivity index (χ4v) is 5.78. The summed E-state index contributed by atoms with van der Waals surface area (Å²) in [6.45, 7) is 2.83. The standard InChI is InChI=1S/C34H57NO5/c1-2-3-4-5-6-7-8-9-10-11-12-13-14-15-16-21-33(36)40-32-20-18-17-19-30(32)28-29-22-24-31(25-23-29)39-27-26-35-34(37)38/h22-25,30,32,35H,2-21,26-28H2,1H3,(H,37,38). The number of carbonyl (C=O) groups is 2. The van der Waals surface area contributed by atoms with Gasteiger partial charge in [-0.3, -0.25) is 4.79 Å². The van der Waals surface area contributed by atoms with Crippen molar-refractivity contribution in [3.8, 4) is 5.75 Å². The summed E-state index contributed by atoms with van der Waals surface area (Å²) in [5.74, 6) is 1.07. The summed E-state index contributed by atoms with van der Waals surface area (Å²) in [7, 11) is 0. The maximum Gasteiger partial charge on any atom is 0.404 e. The third kappa shape index (κ3) is 16.8. The SMILES string of the molecule is CCCCCCCCCCCCCCCCCC(=O)OC1CCCCC1Cc1ccc(OCCNC(=O)O)cc1. The second kappa shape index (κ2) is 22.4. The van der Waals surface area contributed by atoms with E-state index in [9.17, 15) is 9.59 Å². The first-order valence-electron chi connectivity index (χ1n) is 16.5. The summed E-state index contributed by atoms with van der Waals surface area (Å²) < 4.78 is 11.6. The first kappa shape index (κ1) is 34.0. The van der Waals surface area contributed by atoms with Crippen molar-refractivity contribution in [1.82, 2.24) is 5.32 Å². The van der Waals surface area contributed by atoms with E-state index in [4.69, 9.17) is 14.6 Å². The molecule has 1 amide bonds. The van der Waals surface area contributed by atoms with E-state index in [0.717, 1.165) is 44.3 Å². The highest BCUT2D eigenvalue weighted by atomic mass is 16.5. The third-order valence-corrected chi connectivity index (χ3v) is 8.17. The van der Waals surface area contributed by atoms with Gasteiger partial charge < -0.3 is 19.9 Å². The Kier molecular flexibility index (Phi) is 19.1. The van der Waals surface area contributed by atoms with Crippen LogP contribution >= 0.6 is 0 Å². The van der Waals surface area contributed by atoms with Gasteiger partial charge in [-0.05, 0) is 55.7 Å². The van der Waals surface area contributed by atoms with Crippen LogP contribution in [0.3, 0.4) is 0 Å². The van der Waals surface area contributed by atoms with Crippen LogP contribution in [-0.2, 0) is 16.0 Å². The van der Waals surface area contributed by atoms with Gasteiger partial charge in [-0.2, -0.15) is 0 Å². The molecular weight excluding hydrogens is 502 g/mol. The molecule has 1 fully saturated rings. The molecule has 0 radical (unpaired) electrons. The topological polar surface area (TPSA) is 84.9 Å². The van der Waals surface area contributed by atoms with E-state index < -0.39 is 6.09 Å². The molecule has 1 aromatic carbocycles. The highest BCUT2D eigenvalue weighted by Gasteiger charge is 2.28. The second-order valence-corrected chi connectivity index (χ2v) is 11.7. The van der Waals surface area contributed by atoms with E-state index in [0.29, 0.717) is 18.9 Å². The molecule has 1 saturated carbocycles. The summed E-state index contributed by atoms with van der Waals surface area (Å²) in [5, 5.41) is 10.9. The molecule has 228 valence electrons. The third-order valence-electron chi connectivity index (χ3n) is 8.17. The molecule has 1 aliphatic carbocycles. The summed E-state index contributed by atoms with van der Waals surface area (Å²) in [4.78, 5) is 23.1. The molecule has 2 atom stereocenters. The Morgan fingerprint density at radius 2 is 1.35 bits per heavy atom. The van der Waals surface area contributed by atoms with Crippen LogP contribution in [0.4, 0.5) is 4.79 Å². The van der Waals surface area contributed by atoms with E-state index in [1.54, 1.807) is 0 Å². The van der Waals surface area contributed by atoms with Crippen molar-refractivity contribution in [2.75, 3.05) is 13.2 Å². The molecule has 6 heteroatoms. The van der Waals surface area contributed by atoms with Crippen molar-refractivity contribution in [3.63, 3.8) is 0 Å². The summed E-state index contributed by atoms with van der Waals surface area (Å²) in [6.07, 6.45) is 24.7. The van der Waals surface area contributed by atoms with Crippen LogP contribution in [0.25, 0.3) is 0 Å². The maximum absolute atomic E-state index is 12.6. The smallest absolute Gasteiger partial charge is 0.404 e. The Balaban J connectivity index is 1.51. The number of rotatable bonds is 23. The predicted octanol–water partition coefficient (Wildman–Crippen LogP) is 9.24. The van der Waals surface area contributed by atoms with Gasteiger partial charge in [0.25, 0.3) is 0 Å². The van der Waals surface area contributed by atoms with Gasteiger partial charge >= 0.3 is 12.1 Å². The lowest BCUT2D eigenvalue weighted by molar-refractivity contribution is -0.153. The first-order valence-corrected chi connectivity index (χ1v) is 16.5. The van der Waals surface area contributed by atoms with Crippen LogP contribution in [0.2, 0.25) is 0 Å². The molecule has 0 spiro atoms. The Hall–Kier alpha value is -2.24. The Morgan fingerprint density at radius 3 is 1.93 bits per heavy atom. The quantitative estimate of drug-likeness (QED) is 0.103. The molecule has 6 nitrogen and oxygen atoms in total. The lowest BCUT2D eigenvalue weighted by Gasteiger charge is -2.31. The van der Waals surface area contributed by atoms with Gasteiger partial charge in [-0.15, -0.1) is 0 Å². The van der Waals surface area contributed by atoms with Crippen LogP contribution in [-0.4, -0.2) is 36.4 Å². The van der Waals surface area contributed by atoms with E-state index in [1.165, 1.54) is 95.5 Å². The number of esters is 1. The number of ether oxygens (including phenoxy) is 2. The summed E-state index contributed by atoms with van der Waals surface area (Å²) in [5.41, 5.74) is 1.21. The minimum atomic E-state index is -1.04. The number of carboxylic acid groups (broad SMARTS) is 1. The van der Waals surface area contributed by atoms with Crippen molar-refractivity contribution < 1.29 is 24.2 Å². The van der Waals surface area contributed by atoms with Crippen molar-refractivity contribution in [1.29, 1.82) is 0 Å². The fourth-order valence-electron chi connectivity index (χ4n) is 5.78. The van der Waals surface area contributed by atoms with Crippen molar-refractivity contribution >= 4 is 12.1 Å². The second-order valence-electron chi connectivity index (χ2n) is 11.7. The molecule has 0 saturated heterocycles. The van der Waals surface area contributed by atoms with Crippen LogP contribution in [0, 0.1) is 5.92 Å². The average molecular weight is 560 g/mol. The number of carbonyl (C=O) groups excluding carboxylic acids is 1. The lowest BCUT2D eigenvalue weighted by atomic mass is 9.82. The minimum absolute atomic E-state index is 0.0229. The van der Waals surface area contributed by atoms with E-state index in [2.05, 4.69) is 24.4 Å². The molecular formula is C34H57NO5. The van der Waals surface area contributed by atoms with Gasteiger partial charge in [-0.25, -0.2) is 4.79 Å². The normalized spacial score (nSPS) is 16.9. The molecule has 0 aromatic heterocycles. The van der Waals surface area contributed by atoms with Crippen molar-refractivity contribution in [3.05, 3.63) is 29.8 Å². The molecule has 0 aliphatic heterocycles.